The zero-order valence-corrected chi connectivity index (χ0v) is 15.2. The van der Waals surface area contributed by atoms with Crippen molar-refractivity contribution in [3.8, 4) is 11.5 Å². The largest absolute Gasteiger partial charge is 0.496 e. The summed E-state index contributed by atoms with van der Waals surface area (Å²) >= 11 is 6.13. The van der Waals surface area contributed by atoms with E-state index in [1.807, 2.05) is 26.0 Å². The van der Waals surface area contributed by atoms with Crippen LogP contribution in [0.15, 0.2) is 36.4 Å². The fourth-order valence-corrected chi connectivity index (χ4v) is 2.75. The highest BCUT2D eigenvalue weighted by Gasteiger charge is 2.20. The molecule has 0 saturated carbocycles. The number of methoxy groups -OCH3 is 1. The van der Waals surface area contributed by atoms with Crippen LogP contribution < -0.4 is 14.4 Å². The lowest BCUT2D eigenvalue weighted by Crippen LogP contribution is -2.23. The Hall–Kier alpha value is -2.20. The molecule has 0 aliphatic heterocycles. The molecule has 0 bridgehead atoms. The Morgan fingerprint density at radius 1 is 1.21 bits per heavy atom. The third-order valence-electron chi connectivity index (χ3n) is 3.86. The summed E-state index contributed by atoms with van der Waals surface area (Å²) in [7, 11) is 1.61. The Labute approximate surface area is 147 Å². The van der Waals surface area contributed by atoms with Crippen molar-refractivity contribution < 1.29 is 14.3 Å². The molecule has 0 aliphatic carbocycles. The van der Waals surface area contributed by atoms with E-state index in [2.05, 4.69) is 11.5 Å². The SMILES string of the molecule is C=C(C)C(=O)Oc1c(N(CC)CC)cc(OC)c2cc(Cl)ccc12. The number of rotatable bonds is 6. The molecule has 2 aromatic rings. The number of fused-ring (bicyclic) bond motifs is 1. The highest BCUT2D eigenvalue weighted by atomic mass is 35.5. The second kappa shape index (κ2) is 7.58. The van der Waals surface area contributed by atoms with E-state index in [4.69, 9.17) is 21.1 Å². The van der Waals surface area contributed by atoms with Crippen molar-refractivity contribution in [1.29, 1.82) is 0 Å². The van der Waals surface area contributed by atoms with Crippen molar-refractivity contribution in [3.63, 3.8) is 0 Å². The number of esters is 1. The highest BCUT2D eigenvalue weighted by molar-refractivity contribution is 6.31. The van der Waals surface area contributed by atoms with Gasteiger partial charge in [-0.3, -0.25) is 0 Å². The van der Waals surface area contributed by atoms with Crippen molar-refractivity contribution in [2.45, 2.75) is 20.8 Å². The molecule has 128 valence electrons. The van der Waals surface area contributed by atoms with Crippen molar-refractivity contribution >= 4 is 34.0 Å². The summed E-state index contributed by atoms with van der Waals surface area (Å²) in [5, 5.41) is 2.16. The second-order valence-corrected chi connectivity index (χ2v) is 5.90. The molecule has 0 aromatic heterocycles. The maximum absolute atomic E-state index is 12.1. The summed E-state index contributed by atoms with van der Waals surface area (Å²) in [6.07, 6.45) is 0. The molecule has 2 rings (SSSR count). The predicted molar refractivity (Wildman–Crippen MR) is 99.5 cm³/mol. The van der Waals surface area contributed by atoms with E-state index < -0.39 is 5.97 Å². The van der Waals surface area contributed by atoms with Crippen molar-refractivity contribution in [3.05, 3.63) is 41.4 Å². The maximum atomic E-state index is 12.1. The average molecular weight is 348 g/mol. The molecule has 0 spiro atoms. The van der Waals surface area contributed by atoms with Gasteiger partial charge in [0.2, 0.25) is 0 Å². The van der Waals surface area contributed by atoms with Crippen LogP contribution in [-0.4, -0.2) is 26.2 Å². The molecule has 0 heterocycles. The van der Waals surface area contributed by atoms with Gasteiger partial charge in [0.15, 0.2) is 5.75 Å². The van der Waals surface area contributed by atoms with E-state index in [1.54, 1.807) is 26.2 Å². The minimum absolute atomic E-state index is 0.346. The van der Waals surface area contributed by atoms with Crippen molar-refractivity contribution in [1.82, 2.24) is 0 Å². The van der Waals surface area contributed by atoms with Gasteiger partial charge in [0.25, 0.3) is 0 Å². The number of benzene rings is 2. The third-order valence-corrected chi connectivity index (χ3v) is 4.09. The first-order valence-corrected chi connectivity index (χ1v) is 8.23. The minimum atomic E-state index is -0.454. The van der Waals surface area contributed by atoms with Gasteiger partial charge in [-0.05, 0) is 39.0 Å². The van der Waals surface area contributed by atoms with Gasteiger partial charge in [-0.25, -0.2) is 4.79 Å². The molecule has 0 saturated heterocycles. The van der Waals surface area contributed by atoms with E-state index in [0.29, 0.717) is 22.1 Å². The lowest BCUT2D eigenvalue weighted by molar-refractivity contribution is -0.129. The van der Waals surface area contributed by atoms with Crippen LogP contribution in [0.5, 0.6) is 11.5 Å². The van der Waals surface area contributed by atoms with Crippen LogP contribution in [0.3, 0.4) is 0 Å². The number of hydrogen-bond acceptors (Lipinski definition) is 4. The van der Waals surface area contributed by atoms with Crippen LogP contribution in [-0.2, 0) is 4.79 Å². The first kappa shape index (κ1) is 18.1. The molecule has 2 aromatic carbocycles. The van der Waals surface area contributed by atoms with E-state index in [0.717, 1.165) is 29.5 Å². The molecule has 5 heteroatoms. The highest BCUT2D eigenvalue weighted by Crippen LogP contribution is 2.43. The Bertz CT molecular complexity index is 782. The van der Waals surface area contributed by atoms with Crippen molar-refractivity contribution in [2.75, 3.05) is 25.1 Å². The van der Waals surface area contributed by atoms with Crippen LogP contribution in [0.2, 0.25) is 5.02 Å². The summed E-state index contributed by atoms with van der Waals surface area (Å²) in [5.74, 6) is 0.730. The van der Waals surface area contributed by atoms with Crippen LogP contribution in [0.25, 0.3) is 10.8 Å². The zero-order valence-electron chi connectivity index (χ0n) is 14.5. The standard InChI is InChI=1S/C19H22ClNO3/c1-6-21(7-2)16-11-17(23-5)15-10-13(20)8-9-14(15)18(16)24-19(22)12(3)4/h8-11H,3,6-7H2,1-2,4-5H3. The van der Waals surface area contributed by atoms with E-state index in [9.17, 15) is 4.79 Å². The fourth-order valence-electron chi connectivity index (χ4n) is 2.58. The molecule has 0 amide bonds. The van der Waals surface area contributed by atoms with Gasteiger partial charge >= 0.3 is 5.97 Å². The summed E-state index contributed by atoms with van der Waals surface area (Å²) in [6.45, 7) is 10.9. The molecule has 0 unspecified atom stereocenters. The van der Waals surface area contributed by atoms with Gasteiger partial charge in [-0.2, -0.15) is 0 Å². The summed E-state index contributed by atoms with van der Waals surface area (Å²) < 4.78 is 11.2. The van der Waals surface area contributed by atoms with Crippen LogP contribution in [0, 0.1) is 0 Å². The van der Waals surface area contributed by atoms with E-state index in [1.165, 1.54) is 0 Å². The molecule has 0 atom stereocenters. The van der Waals surface area contributed by atoms with Gasteiger partial charge in [0, 0.05) is 40.5 Å². The minimum Gasteiger partial charge on any atom is -0.496 e. The fraction of sp³-hybridized carbons (Fsp3) is 0.316. The summed E-state index contributed by atoms with van der Waals surface area (Å²) in [6, 6.07) is 7.30. The van der Waals surface area contributed by atoms with Gasteiger partial charge < -0.3 is 14.4 Å². The zero-order chi connectivity index (χ0) is 17.9. The third kappa shape index (κ3) is 3.49. The number of halogens is 1. The molecular weight excluding hydrogens is 326 g/mol. The van der Waals surface area contributed by atoms with Gasteiger partial charge in [0.05, 0.1) is 12.8 Å². The number of ether oxygens (including phenoxy) is 2. The van der Waals surface area contributed by atoms with Gasteiger partial charge in [-0.15, -0.1) is 0 Å². The van der Waals surface area contributed by atoms with E-state index in [-0.39, 0.29) is 0 Å². The molecule has 24 heavy (non-hydrogen) atoms. The van der Waals surface area contributed by atoms with Crippen LogP contribution in [0.4, 0.5) is 5.69 Å². The average Bonchev–Trinajstić information content (AvgIpc) is 2.56. The molecule has 0 N–H and O–H groups in total. The first-order chi connectivity index (χ1) is 11.4. The van der Waals surface area contributed by atoms with Gasteiger partial charge in [0.1, 0.15) is 5.75 Å². The Morgan fingerprint density at radius 2 is 1.88 bits per heavy atom. The smallest absolute Gasteiger partial charge is 0.338 e. The topological polar surface area (TPSA) is 38.8 Å². The molecule has 0 fully saturated rings. The number of nitrogens with zero attached hydrogens (tertiary/aromatic N) is 1. The van der Waals surface area contributed by atoms with Crippen LogP contribution in [0.1, 0.15) is 20.8 Å². The number of anilines is 1. The van der Waals surface area contributed by atoms with Crippen LogP contribution >= 0.6 is 11.6 Å². The quantitative estimate of drug-likeness (QED) is 0.426. The second-order valence-electron chi connectivity index (χ2n) is 5.46. The summed E-state index contributed by atoms with van der Waals surface area (Å²) in [4.78, 5) is 14.2. The number of carbonyl (C=O) groups excluding carboxylic acids is 1. The lowest BCUT2D eigenvalue weighted by atomic mass is 10.1. The van der Waals surface area contributed by atoms with Gasteiger partial charge in [-0.1, -0.05) is 18.2 Å². The Kier molecular flexibility index (Phi) is 5.73. The predicted octanol–water partition coefficient (Wildman–Crippen LogP) is 4.83. The van der Waals surface area contributed by atoms with E-state index >= 15 is 0 Å². The molecule has 0 radical (unpaired) electrons. The first-order valence-electron chi connectivity index (χ1n) is 7.85. The molecular formula is C19H22ClNO3. The molecule has 0 aliphatic rings. The lowest BCUT2D eigenvalue weighted by Gasteiger charge is -2.25. The molecule has 4 nitrogen and oxygen atoms in total. The maximum Gasteiger partial charge on any atom is 0.338 e. The Morgan fingerprint density at radius 3 is 2.42 bits per heavy atom. The monoisotopic (exact) mass is 347 g/mol. The normalized spacial score (nSPS) is 10.5. The number of hydrogen-bond donors (Lipinski definition) is 0. The number of carbonyl (C=O) groups is 1. The summed E-state index contributed by atoms with van der Waals surface area (Å²) in [5.41, 5.74) is 1.15. The van der Waals surface area contributed by atoms with Crippen molar-refractivity contribution in [2.24, 2.45) is 0 Å². The Balaban J connectivity index is 2.79.